The van der Waals surface area contributed by atoms with Crippen molar-refractivity contribution in [3.8, 4) is 0 Å². The summed E-state index contributed by atoms with van der Waals surface area (Å²) >= 11 is 0. The molecule has 0 unspecified atom stereocenters. The van der Waals surface area contributed by atoms with Gasteiger partial charge in [-0.2, -0.15) is 0 Å². The Morgan fingerprint density at radius 1 is 1.16 bits per heavy atom. The molecule has 1 heterocycles. The van der Waals surface area contributed by atoms with Crippen LogP contribution in [0.15, 0.2) is 41.2 Å². The Morgan fingerprint density at radius 2 is 1.79 bits per heavy atom. The van der Waals surface area contributed by atoms with Crippen molar-refractivity contribution in [3.05, 3.63) is 69.6 Å². The predicted molar refractivity (Wildman–Crippen MR) is 63.1 cm³/mol. The van der Waals surface area contributed by atoms with Crippen LogP contribution in [0.2, 0.25) is 0 Å². The van der Waals surface area contributed by atoms with E-state index in [4.69, 9.17) is 5.11 Å². The summed E-state index contributed by atoms with van der Waals surface area (Å²) in [5, 5.41) is 8.97. The van der Waals surface area contributed by atoms with Gasteiger partial charge in [-0.3, -0.25) is 9.36 Å². The monoisotopic (exact) mass is 265 g/mol. The molecule has 0 bridgehead atoms. The van der Waals surface area contributed by atoms with Crippen molar-refractivity contribution < 1.29 is 18.7 Å². The van der Waals surface area contributed by atoms with E-state index in [-0.39, 0.29) is 17.8 Å². The highest BCUT2D eigenvalue weighted by atomic mass is 19.1. The summed E-state index contributed by atoms with van der Waals surface area (Å²) in [4.78, 5) is 22.6. The molecular weight excluding hydrogens is 256 g/mol. The summed E-state index contributed by atoms with van der Waals surface area (Å²) in [6, 6.07) is 6.55. The molecule has 2 aromatic rings. The molecule has 0 saturated heterocycles. The molecule has 0 fully saturated rings. The maximum Gasteiger partial charge on any atom is 0.352 e. The smallest absolute Gasteiger partial charge is 0.352 e. The topological polar surface area (TPSA) is 59.3 Å². The first kappa shape index (κ1) is 12.9. The lowest BCUT2D eigenvalue weighted by molar-refractivity contribution is 0.0684. The molecule has 0 spiro atoms. The molecule has 1 aromatic carbocycles. The first-order valence-corrected chi connectivity index (χ1v) is 5.35. The number of rotatable bonds is 3. The fraction of sp³-hybridized carbons (Fsp3) is 0.0769. The number of carboxylic acid groups (broad SMARTS) is 1. The zero-order chi connectivity index (χ0) is 14.0. The van der Waals surface area contributed by atoms with Gasteiger partial charge in [0.2, 0.25) is 0 Å². The van der Waals surface area contributed by atoms with Gasteiger partial charge in [0.15, 0.2) is 0 Å². The van der Waals surface area contributed by atoms with Crippen LogP contribution in [0, 0.1) is 11.6 Å². The van der Waals surface area contributed by atoms with E-state index < -0.39 is 23.2 Å². The number of carbonyl (C=O) groups is 1. The molecule has 98 valence electrons. The fourth-order valence-electron chi connectivity index (χ4n) is 1.75. The quantitative estimate of drug-likeness (QED) is 0.921. The molecule has 0 aliphatic carbocycles. The number of carboxylic acids is 1. The van der Waals surface area contributed by atoms with Crippen LogP contribution in [0.5, 0.6) is 0 Å². The second-order valence-corrected chi connectivity index (χ2v) is 3.92. The van der Waals surface area contributed by atoms with Crippen molar-refractivity contribution >= 4 is 5.97 Å². The molecule has 6 heteroatoms. The molecule has 0 aliphatic rings. The van der Waals surface area contributed by atoms with E-state index in [1.54, 1.807) is 0 Å². The van der Waals surface area contributed by atoms with E-state index in [1.165, 1.54) is 18.2 Å². The van der Waals surface area contributed by atoms with Crippen LogP contribution in [0.1, 0.15) is 16.1 Å². The Bertz CT molecular complexity index is 674. The van der Waals surface area contributed by atoms with E-state index in [0.29, 0.717) is 6.07 Å². The number of pyridine rings is 1. The lowest BCUT2D eigenvalue weighted by Crippen LogP contribution is -2.25. The van der Waals surface area contributed by atoms with Crippen LogP contribution in [0.4, 0.5) is 8.78 Å². The number of hydrogen-bond donors (Lipinski definition) is 1. The zero-order valence-corrected chi connectivity index (χ0v) is 9.64. The Balaban J connectivity index is 2.49. The van der Waals surface area contributed by atoms with Gasteiger partial charge in [0.05, 0.1) is 6.54 Å². The van der Waals surface area contributed by atoms with Crippen molar-refractivity contribution in [1.82, 2.24) is 4.57 Å². The standard InChI is InChI=1S/C13H9F2NO3/c14-9-4-8(5-10(15)6-9)7-16-11(13(18)19)2-1-3-12(16)17/h1-6H,7H2,(H,18,19). The second kappa shape index (κ2) is 5.01. The zero-order valence-electron chi connectivity index (χ0n) is 9.64. The van der Waals surface area contributed by atoms with Gasteiger partial charge in [0.25, 0.3) is 5.56 Å². The highest BCUT2D eigenvalue weighted by molar-refractivity contribution is 5.85. The Hall–Kier alpha value is -2.50. The number of aromatic nitrogens is 1. The molecule has 2 rings (SSSR count). The highest BCUT2D eigenvalue weighted by Gasteiger charge is 2.11. The minimum absolute atomic E-state index is 0.174. The Labute approximate surface area is 106 Å². The number of aromatic carboxylic acids is 1. The molecule has 19 heavy (non-hydrogen) atoms. The maximum atomic E-state index is 13.0. The average molecular weight is 265 g/mol. The third kappa shape index (κ3) is 2.85. The van der Waals surface area contributed by atoms with E-state index in [9.17, 15) is 18.4 Å². The first-order chi connectivity index (χ1) is 8.97. The fourth-order valence-corrected chi connectivity index (χ4v) is 1.75. The van der Waals surface area contributed by atoms with E-state index in [0.717, 1.165) is 16.7 Å². The summed E-state index contributed by atoms with van der Waals surface area (Å²) < 4.78 is 27.0. The summed E-state index contributed by atoms with van der Waals surface area (Å²) in [6.45, 7) is -0.212. The normalized spacial score (nSPS) is 10.4. The van der Waals surface area contributed by atoms with Gasteiger partial charge in [0, 0.05) is 12.1 Å². The van der Waals surface area contributed by atoms with Gasteiger partial charge in [-0.25, -0.2) is 13.6 Å². The Kier molecular flexibility index (Phi) is 3.41. The van der Waals surface area contributed by atoms with Crippen LogP contribution in [0.25, 0.3) is 0 Å². The van der Waals surface area contributed by atoms with Crippen LogP contribution in [-0.4, -0.2) is 15.6 Å². The molecule has 0 saturated carbocycles. The van der Waals surface area contributed by atoms with Gasteiger partial charge >= 0.3 is 5.97 Å². The van der Waals surface area contributed by atoms with Crippen molar-refractivity contribution in [1.29, 1.82) is 0 Å². The molecule has 1 aromatic heterocycles. The van der Waals surface area contributed by atoms with Crippen LogP contribution in [-0.2, 0) is 6.54 Å². The van der Waals surface area contributed by atoms with Gasteiger partial charge in [-0.1, -0.05) is 6.07 Å². The Morgan fingerprint density at radius 3 is 2.37 bits per heavy atom. The molecule has 4 nitrogen and oxygen atoms in total. The molecule has 0 amide bonds. The van der Waals surface area contributed by atoms with Crippen LogP contribution in [0.3, 0.4) is 0 Å². The lowest BCUT2D eigenvalue weighted by Gasteiger charge is -2.09. The molecule has 0 atom stereocenters. The van der Waals surface area contributed by atoms with Crippen LogP contribution < -0.4 is 5.56 Å². The van der Waals surface area contributed by atoms with Gasteiger partial charge in [-0.15, -0.1) is 0 Å². The minimum Gasteiger partial charge on any atom is -0.477 e. The molecule has 0 radical (unpaired) electrons. The second-order valence-electron chi connectivity index (χ2n) is 3.92. The van der Waals surface area contributed by atoms with E-state index in [2.05, 4.69) is 0 Å². The van der Waals surface area contributed by atoms with Crippen LogP contribution >= 0.6 is 0 Å². The molecule has 1 N–H and O–H groups in total. The van der Waals surface area contributed by atoms with Crippen molar-refractivity contribution in [2.75, 3.05) is 0 Å². The largest absolute Gasteiger partial charge is 0.477 e. The third-order valence-electron chi connectivity index (χ3n) is 2.53. The van der Waals surface area contributed by atoms with Crippen molar-refractivity contribution in [3.63, 3.8) is 0 Å². The minimum atomic E-state index is -1.28. The average Bonchev–Trinajstić information content (AvgIpc) is 2.30. The summed E-state index contributed by atoms with van der Waals surface area (Å²) in [7, 11) is 0. The number of halogens is 2. The molecular formula is C13H9F2NO3. The number of hydrogen-bond acceptors (Lipinski definition) is 2. The summed E-state index contributed by atoms with van der Waals surface area (Å²) in [5.41, 5.74) is -0.616. The van der Waals surface area contributed by atoms with E-state index >= 15 is 0 Å². The van der Waals surface area contributed by atoms with Gasteiger partial charge in [-0.05, 0) is 23.8 Å². The highest BCUT2D eigenvalue weighted by Crippen LogP contribution is 2.10. The first-order valence-electron chi connectivity index (χ1n) is 5.35. The van der Waals surface area contributed by atoms with Crippen molar-refractivity contribution in [2.45, 2.75) is 6.54 Å². The summed E-state index contributed by atoms with van der Waals surface area (Å²) in [6.07, 6.45) is 0. The number of nitrogens with zero attached hydrogens (tertiary/aromatic N) is 1. The lowest BCUT2D eigenvalue weighted by atomic mass is 10.2. The predicted octanol–water partition coefficient (Wildman–Crippen LogP) is 1.87. The van der Waals surface area contributed by atoms with Crippen molar-refractivity contribution in [2.24, 2.45) is 0 Å². The van der Waals surface area contributed by atoms with Gasteiger partial charge in [0.1, 0.15) is 17.3 Å². The maximum absolute atomic E-state index is 13.0. The number of benzene rings is 1. The van der Waals surface area contributed by atoms with Gasteiger partial charge < -0.3 is 5.11 Å². The third-order valence-corrected chi connectivity index (χ3v) is 2.53. The molecule has 0 aliphatic heterocycles. The van der Waals surface area contributed by atoms with E-state index in [1.807, 2.05) is 0 Å². The summed E-state index contributed by atoms with van der Waals surface area (Å²) in [5.74, 6) is -2.85. The SMILES string of the molecule is O=C(O)c1cccc(=O)n1Cc1cc(F)cc(F)c1.